The highest BCUT2D eigenvalue weighted by Crippen LogP contribution is 2.15. The third kappa shape index (κ3) is 5.30. The number of nitrogens with zero attached hydrogens (tertiary/aromatic N) is 5. The van der Waals surface area contributed by atoms with E-state index in [1.54, 1.807) is 39.2 Å². The van der Waals surface area contributed by atoms with Gasteiger partial charge in [-0.1, -0.05) is 0 Å². The second-order valence-electron chi connectivity index (χ2n) is 7.19. The Balaban J connectivity index is 1.95. The van der Waals surface area contributed by atoms with Crippen molar-refractivity contribution in [3.8, 4) is 0 Å². The average molecular weight is 383 g/mol. The van der Waals surface area contributed by atoms with Crippen molar-refractivity contribution in [3.63, 3.8) is 0 Å². The van der Waals surface area contributed by atoms with Crippen molar-refractivity contribution in [2.24, 2.45) is 4.99 Å². The van der Waals surface area contributed by atoms with Crippen LogP contribution in [0.4, 0.5) is 5.95 Å². The van der Waals surface area contributed by atoms with E-state index in [4.69, 9.17) is 0 Å². The Labute approximate surface area is 156 Å². The lowest BCUT2D eigenvalue weighted by atomic mass is 10.3. The molecule has 8 nitrogen and oxygen atoms in total. The summed E-state index contributed by atoms with van der Waals surface area (Å²) in [6.45, 7) is 11.4. The zero-order valence-electron chi connectivity index (χ0n) is 16.1. The van der Waals surface area contributed by atoms with Crippen LogP contribution in [0.2, 0.25) is 0 Å². The lowest BCUT2D eigenvalue weighted by molar-refractivity contribution is 0.370. The number of sulfone groups is 1. The molecule has 26 heavy (non-hydrogen) atoms. The minimum Gasteiger partial charge on any atom is -0.357 e. The smallest absolute Gasteiger partial charge is 0.225 e. The summed E-state index contributed by atoms with van der Waals surface area (Å²) in [6, 6.07) is 1.81. The number of hydrogen-bond donors (Lipinski definition) is 1. The van der Waals surface area contributed by atoms with Crippen molar-refractivity contribution in [1.29, 1.82) is 0 Å². The Kier molecular flexibility index (Phi) is 6.80. The fraction of sp³-hybridized carbons (Fsp3) is 0.706. The molecule has 0 aliphatic carbocycles. The maximum atomic E-state index is 12.2. The first kappa shape index (κ1) is 20.4. The van der Waals surface area contributed by atoms with Crippen LogP contribution in [-0.2, 0) is 9.84 Å². The number of aliphatic imine (C=N–C) groups is 1. The second kappa shape index (κ2) is 8.66. The normalized spacial score (nSPS) is 16.7. The maximum Gasteiger partial charge on any atom is 0.225 e. The van der Waals surface area contributed by atoms with Gasteiger partial charge in [0, 0.05) is 45.1 Å². The topological polar surface area (TPSA) is 90.8 Å². The molecule has 0 spiro atoms. The molecule has 1 saturated heterocycles. The van der Waals surface area contributed by atoms with Crippen LogP contribution >= 0.6 is 0 Å². The van der Waals surface area contributed by atoms with Gasteiger partial charge in [0.25, 0.3) is 0 Å². The summed E-state index contributed by atoms with van der Waals surface area (Å²) in [5.74, 6) is 1.57. The molecule has 0 radical (unpaired) electrons. The molecule has 9 heteroatoms. The van der Waals surface area contributed by atoms with Crippen molar-refractivity contribution in [1.82, 2.24) is 20.2 Å². The molecule has 0 bridgehead atoms. The molecule has 146 valence electrons. The SMILES string of the molecule is CCNC(=NCCS(=O)(=O)C(C)(C)C)N1CCN(c2ncccn2)CC1. The Bertz CT molecular complexity index is 692. The molecule has 0 atom stereocenters. The maximum absolute atomic E-state index is 12.2. The van der Waals surface area contributed by atoms with Crippen LogP contribution in [0.3, 0.4) is 0 Å². The van der Waals surface area contributed by atoms with Crippen molar-refractivity contribution in [3.05, 3.63) is 18.5 Å². The van der Waals surface area contributed by atoms with E-state index in [9.17, 15) is 8.42 Å². The summed E-state index contributed by atoms with van der Waals surface area (Å²) in [5.41, 5.74) is 0. The van der Waals surface area contributed by atoms with Gasteiger partial charge < -0.3 is 15.1 Å². The van der Waals surface area contributed by atoms with E-state index in [0.29, 0.717) is 0 Å². The highest BCUT2D eigenvalue weighted by Gasteiger charge is 2.28. The fourth-order valence-electron chi connectivity index (χ4n) is 2.58. The predicted octanol–water partition coefficient (Wildman–Crippen LogP) is 0.777. The average Bonchev–Trinajstić information content (AvgIpc) is 2.61. The third-order valence-electron chi connectivity index (χ3n) is 4.30. The number of rotatable bonds is 5. The number of anilines is 1. The summed E-state index contributed by atoms with van der Waals surface area (Å²) >= 11 is 0. The molecule has 1 aromatic rings. The van der Waals surface area contributed by atoms with Crippen molar-refractivity contribution in [2.75, 3.05) is 49.9 Å². The molecule has 1 aliphatic heterocycles. The van der Waals surface area contributed by atoms with Crippen LogP contribution in [0.5, 0.6) is 0 Å². The highest BCUT2D eigenvalue weighted by molar-refractivity contribution is 7.92. The Morgan fingerprint density at radius 3 is 2.35 bits per heavy atom. The van der Waals surface area contributed by atoms with Crippen LogP contribution in [0, 0.1) is 0 Å². The van der Waals surface area contributed by atoms with Gasteiger partial charge in [-0.05, 0) is 33.8 Å². The molecule has 0 saturated carbocycles. The molecule has 0 aromatic carbocycles. The molecule has 2 heterocycles. The first-order valence-corrected chi connectivity index (χ1v) is 10.7. The quantitative estimate of drug-likeness (QED) is 0.594. The molecular formula is C17H30N6O2S. The number of nitrogens with one attached hydrogen (secondary N) is 1. The van der Waals surface area contributed by atoms with Gasteiger partial charge in [-0.25, -0.2) is 18.4 Å². The summed E-state index contributed by atoms with van der Waals surface area (Å²) in [4.78, 5) is 17.4. The van der Waals surface area contributed by atoms with Gasteiger partial charge in [-0.3, -0.25) is 4.99 Å². The van der Waals surface area contributed by atoms with E-state index >= 15 is 0 Å². The van der Waals surface area contributed by atoms with Gasteiger partial charge in [0.15, 0.2) is 15.8 Å². The summed E-state index contributed by atoms with van der Waals surface area (Å²) in [6.07, 6.45) is 3.49. The Hall–Kier alpha value is -1.90. The number of hydrogen-bond acceptors (Lipinski definition) is 6. The molecule has 2 rings (SSSR count). The fourth-order valence-corrected chi connectivity index (χ4v) is 3.52. The summed E-state index contributed by atoms with van der Waals surface area (Å²) in [7, 11) is -3.16. The molecular weight excluding hydrogens is 352 g/mol. The largest absolute Gasteiger partial charge is 0.357 e. The van der Waals surface area contributed by atoms with E-state index in [0.717, 1.165) is 44.6 Å². The van der Waals surface area contributed by atoms with Gasteiger partial charge in [0.2, 0.25) is 5.95 Å². The molecule has 1 N–H and O–H groups in total. The highest BCUT2D eigenvalue weighted by atomic mass is 32.2. The van der Waals surface area contributed by atoms with Gasteiger partial charge in [0.1, 0.15) is 0 Å². The van der Waals surface area contributed by atoms with Gasteiger partial charge >= 0.3 is 0 Å². The summed E-state index contributed by atoms with van der Waals surface area (Å²) in [5, 5.41) is 3.26. The monoisotopic (exact) mass is 382 g/mol. The molecule has 1 aliphatic rings. The van der Waals surface area contributed by atoms with Gasteiger partial charge in [0.05, 0.1) is 17.0 Å². The van der Waals surface area contributed by atoms with Crippen molar-refractivity contribution < 1.29 is 8.42 Å². The Morgan fingerprint density at radius 1 is 1.19 bits per heavy atom. The van der Waals surface area contributed by atoms with E-state index in [2.05, 4.69) is 30.1 Å². The van der Waals surface area contributed by atoms with Crippen LogP contribution in [0.1, 0.15) is 27.7 Å². The predicted molar refractivity (Wildman–Crippen MR) is 105 cm³/mol. The van der Waals surface area contributed by atoms with Crippen LogP contribution in [0.15, 0.2) is 23.5 Å². The van der Waals surface area contributed by atoms with E-state index < -0.39 is 14.6 Å². The first-order valence-electron chi connectivity index (χ1n) is 9.02. The Morgan fingerprint density at radius 2 is 1.81 bits per heavy atom. The van der Waals surface area contributed by atoms with Gasteiger partial charge in [-0.15, -0.1) is 0 Å². The molecule has 0 amide bonds. The van der Waals surface area contributed by atoms with Crippen LogP contribution < -0.4 is 10.2 Å². The van der Waals surface area contributed by atoms with Crippen LogP contribution in [-0.4, -0.2) is 79.0 Å². The zero-order valence-corrected chi connectivity index (χ0v) is 17.0. The first-order chi connectivity index (χ1) is 12.2. The lowest BCUT2D eigenvalue weighted by Crippen LogP contribution is -2.53. The molecule has 1 aromatic heterocycles. The number of aromatic nitrogens is 2. The third-order valence-corrected chi connectivity index (χ3v) is 6.89. The van der Waals surface area contributed by atoms with Crippen molar-refractivity contribution >= 4 is 21.7 Å². The minimum atomic E-state index is -3.16. The lowest BCUT2D eigenvalue weighted by Gasteiger charge is -2.36. The number of guanidine groups is 1. The standard InChI is InChI=1S/C17H30N6O2S/c1-5-18-15(21-9-14-26(24,25)17(2,3)4)22-10-12-23(13-11-22)16-19-7-6-8-20-16/h6-8H,5,9-14H2,1-4H3,(H,18,21). The van der Waals surface area contributed by atoms with Crippen LogP contribution in [0.25, 0.3) is 0 Å². The van der Waals surface area contributed by atoms with Crippen molar-refractivity contribution in [2.45, 2.75) is 32.4 Å². The minimum absolute atomic E-state index is 0.0587. The zero-order chi connectivity index (χ0) is 19.2. The molecule has 0 unspecified atom stereocenters. The van der Waals surface area contributed by atoms with E-state index in [-0.39, 0.29) is 12.3 Å². The second-order valence-corrected chi connectivity index (χ2v) is 10.1. The van der Waals surface area contributed by atoms with E-state index in [1.165, 1.54) is 0 Å². The molecule has 1 fully saturated rings. The van der Waals surface area contributed by atoms with E-state index in [1.807, 2.05) is 6.92 Å². The summed E-state index contributed by atoms with van der Waals surface area (Å²) < 4.78 is 23.7. The van der Waals surface area contributed by atoms with Gasteiger partial charge in [-0.2, -0.15) is 0 Å². The number of piperazine rings is 1.